The molecule has 0 aliphatic heterocycles. The molecule has 9 aromatic carbocycles. The van der Waals surface area contributed by atoms with Crippen molar-refractivity contribution >= 4 is 54.3 Å². The second-order valence-corrected chi connectivity index (χ2v) is 16.1. The van der Waals surface area contributed by atoms with Crippen LogP contribution in [0.3, 0.4) is 0 Å². The lowest BCUT2D eigenvalue weighted by Gasteiger charge is -2.22. The maximum atomic E-state index is 5.49. The predicted octanol–water partition coefficient (Wildman–Crippen LogP) is 14.3. The lowest BCUT2D eigenvalue weighted by molar-refractivity contribution is 0.661. The average molecular weight is 740 g/mol. The molecule has 2 aromatic heterocycles. The van der Waals surface area contributed by atoms with E-state index in [0.29, 0.717) is 5.95 Å². The quantitative estimate of drug-likeness (QED) is 0.180. The molecule has 0 amide bonds. The summed E-state index contributed by atoms with van der Waals surface area (Å²) in [6.07, 6.45) is 0. The van der Waals surface area contributed by atoms with Gasteiger partial charge in [0, 0.05) is 32.7 Å². The predicted molar refractivity (Wildman–Crippen MR) is 243 cm³/mol. The van der Waals surface area contributed by atoms with Gasteiger partial charge in [-0.3, -0.25) is 4.57 Å². The summed E-state index contributed by atoms with van der Waals surface area (Å²) in [5.74, 6) is 0.658. The van der Waals surface area contributed by atoms with Crippen LogP contribution in [0.2, 0.25) is 0 Å². The van der Waals surface area contributed by atoms with Crippen molar-refractivity contribution in [3.05, 3.63) is 199 Å². The Morgan fingerprint density at radius 3 is 1.88 bits per heavy atom. The zero-order valence-corrected chi connectivity index (χ0v) is 32.2. The van der Waals surface area contributed by atoms with Crippen LogP contribution in [0.4, 0.5) is 0 Å². The van der Waals surface area contributed by atoms with Gasteiger partial charge in [-0.1, -0.05) is 184 Å². The summed E-state index contributed by atoms with van der Waals surface area (Å²) in [6.45, 7) is 4.74. The highest BCUT2D eigenvalue weighted by atomic mass is 15.2. The van der Waals surface area contributed by atoms with Crippen molar-refractivity contribution in [1.82, 2.24) is 14.5 Å². The fraction of sp³-hybridized carbons (Fsp3) is 0.0545. The van der Waals surface area contributed by atoms with Crippen LogP contribution in [-0.2, 0) is 5.41 Å². The highest BCUT2D eigenvalue weighted by Gasteiger charge is 2.36. The first-order chi connectivity index (χ1) is 28.5. The van der Waals surface area contributed by atoms with E-state index in [1.807, 2.05) is 0 Å². The zero-order chi connectivity index (χ0) is 38.5. The van der Waals surface area contributed by atoms with Gasteiger partial charge in [0.05, 0.1) is 22.2 Å². The molecule has 0 saturated carbocycles. The zero-order valence-electron chi connectivity index (χ0n) is 32.2. The maximum Gasteiger partial charge on any atom is 0.235 e. The van der Waals surface area contributed by atoms with Gasteiger partial charge in [0.15, 0.2) is 0 Å². The van der Waals surface area contributed by atoms with Gasteiger partial charge in [0.2, 0.25) is 5.95 Å². The van der Waals surface area contributed by atoms with Gasteiger partial charge in [-0.2, -0.15) is 0 Å². The molecule has 12 rings (SSSR count). The van der Waals surface area contributed by atoms with E-state index in [9.17, 15) is 0 Å². The van der Waals surface area contributed by atoms with Gasteiger partial charge in [0.1, 0.15) is 0 Å². The highest BCUT2D eigenvalue weighted by molar-refractivity contribution is 6.14. The Balaban J connectivity index is 1.06. The molecule has 3 heteroatoms. The Labute approximate surface area is 336 Å². The van der Waals surface area contributed by atoms with Crippen molar-refractivity contribution in [3.8, 4) is 50.6 Å². The van der Waals surface area contributed by atoms with E-state index in [-0.39, 0.29) is 5.41 Å². The number of para-hydroxylation sites is 3. The first-order valence-corrected chi connectivity index (χ1v) is 20.1. The molecule has 11 aromatic rings. The van der Waals surface area contributed by atoms with Crippen molar-refractivity contribution in [1.29, 1.82) is 0 Å². The van der Waals surface area contributed by atoms with E-state index < -0.39 is 0 Å². The first kappa shape index (κ1) is 32.8. The summed E-state index contributed by atoms with van der Waals surface area (Å²) < 4.78 is 2.29. The van der Waals surface area contributed by atoms with Crippen molar-refractivity contribution < 1.29 is 0 Å². The Hall–Kier alpha value is -7.36. The molecule has 1 aliphatic rings. The van der Waals surface area contributed by atoms with Crippen LogP contribution in [0, 0.1) is 0 Å². The molecular formula is C55H37N3. The average Bonchev–Trinajstić information content (AvgIpc) is 3.74. The molecule has 3 nitrogen and oxygen atoms in total. The highest BCUT2D eigenvalue weighted by Crippen LogP contribution is 2.52. The molecule has 0 bridgehead atoms. The maximum absolute atomic E-state index is 5.49. The molecule has 58 heavy (non-hydrogen) atoms. The molecule has 0 N–H and O–H groups in total. The normalized spacial score (nSPS) is 13.1. The van der Waals surface area contributed by atoms with Crippen LogP contribution in [0.5, 0.6) is 0 Å². The van der Waals surface area contributed by atoms with E-state index in [1.54, 1.807) is 0 Å². The summed E-state index contributed by atoms with van der Waals surface area (Å²) >= 11 is 0. The monoisotopic (exact) mass is 739 g/mol. The number of hydrogen-bond donors (Lipinski definition) is 0. The van der Waals surface area contributed by atoms with Gasteiger partial charge < -0.3 is 0 Å². The second kappa shape index (κ2) is 12.3. The molecule has 0 unspecified atom stereocenters. The van der Waals surface area contributed by atoms with Crippen LogP contribution in [0.25, 0.3) is 105 Å². The summed E-state index contributed by atoms with van der Waals surface area (Å²) in [4.78, 5) is 10.8. The molecule has 0 radical (unpaired) electrons. The molecule has 1 aliphatic carbocycles. The molecule has 0 spiro atoms. The SMILES string of the molecule is CC1(C)c2cc(-c3cccc4c5ccccc5n(-c5nc(-c6ccc(-c7cccc8ccccc78)cc6)c6ccccc6n5)c34)ccc2-c2c1ccc1ccccc21. The second-order valence-electron chi connectivity index (χ2n) is 16.1. The fourth-order valence-electron chi connectivity index (χ4n) is 9.80. The van der Waals surface area contributed by atoms with Gasteiger partial charge in [-0.05, 0) is 78.7 Å². The number of fused-ring (bicyclic) bond motifs is 10. The largest absolute Gasteiger partial charge is 0.277 e. The number of nitrogens with zero attached hydrogens (tertiary/aromatic N) is 3. The molecule has 0 fully saturated rings. The summed E-state index contributed by atoms with van der Waals surface area (Å²) in [6, 6.07) is 68.2. The number of rotatable bonds is 4. The molecule has 272 valence electrons. The smallest absolute Gasteiger partial charge is 0.235 e. The number of hydrogen-bond acceptors (Lipinski definition) is 2. The van der Waals surface area contributed by atoms with E-state index >= 15 is 0 Å². The number of aromatic nitrogens is 3. The minimum absolute atomic E-state index is 0.148. The molecule has 0 saturated heterocycles. The summed E-state index contributed by atoms with van der Waals surface area (Å²) in [7, 11) is 0. The van der Waals surface area contributed by atoms with Crippen molar-refractivity contribution in [2.75, 3.05) is 0 Å². The van der Waals surface area contributed by atoms with E-state index in [2.05, 4.69) is 206 Å². The van der Waals surface area contributed by atoms with Crippen LogP contribution < -0.4 is 0 Å². The number of benzene rings is 9. The van der Waals surface area contributed by atoms with E-state index in [1.165, 1.54) is 71.3 Å². The third kappa shape index (κ3) is 4.74. The molecule has 0 atom stereocenters. The van der Waals surface area contributed by atoms with Crippen molar-refractivity contribution in [2.45, 2.75) is 19.3 Å². The van der Waals surface area contributed by atoms with Gasteiger partial charge in [-0.15, -0.1) is 0 Å². The Morgan fingerprint density at radius 2 is 1.03 bits per heavy atom. The van der Waals surface area contributed by atoms with Gasteiger partial charge >= 0.3 is 0 Å². The topological polar surface area (TPSA) is 30.7 Å². The lowest BCUT2D eigenvalue weighted by Crippen LogP contribution is -2.15. The van der Waals surface area contributed by atoms with Gasteiger partial charge in [-0.25, -0.2) is 9.97 Å². The summed E-state index contributed by atoms with van der Waals surface area (Å²) in [5, 5.41) is 8.46. The van der Waals surface area contributed by atoms with Crippen LogP contribution >= 0.6 is 0 Å². The minimum atomic E-state index is -0.148. The Morgan fingerprint density at radius 1 is 0.414 bits per heavy atom. The van der Waals surface area contributed by atoms with Crippen LogP contribution in [0.15, 0.2) is 188 Å². The first-order valence-electron chi connectivity index (χ1n) is 20.1. The van der Waals surface area contributed by atoms with E-state index in [0.717, 1.165) is 38.8 Å². The van der Waals surface area contributed by atoms with Gasteiger partial charge in [0.25, 0.3) is 0 Å². The van der Waals surface area contributed by atoms with Crippen LogP contribution in [0.1, 0.15) is 25.0 Å². The summed E-state index contributed by atoms with van der Waals surface area (Å²) in [5.41, 5.74) is 15.1. The fourth-order valence-corrected chi connectivity index (χ4v) is 9.80. The molecular weight excluding hydrogens is 703 g/mol. The van der Waals surface area contributed by atoms with Crippen molar-refractivity contribution in [2.24, 2.45) is 0 Å². The molecule has 2 heterocycles. The Kier molecular flexibility index (Phi) is 6.98. The minimum Gasteiger partial charge on any atom is -0.277 e. The van der Waals surface area contributed by atoms with E-state index in [4.69, 9.17) is 9.97 Å². The van der Waals surface area contributed by atoms with Crippen molar-refractivity contribution in [3.63, 3.8) is 0 Å². The third-order valence-corrected chi connectivity index (χ3v) is 12.6. The Bertz CT molecular complexity index is 3470. The standard InChI is InChI=1S/C55H37N3/c1-55(2)47-32-30-35-14-4-6-17-41(35)51(47)45-31-29-38(33-48(45)55)42-21-12-22-44-43-18-8-10-24-50(43)58(53(42)44)54-56-49-23-9-7-19-46(49)52(57-54)37-27-25-36(26-28-37)40-20-11-15-34-13-3-5-16-39(34)40/h3-33H,1-2H3. The van der Waals surface area contributed by atoms with Crippen LogP contribution in [-0.4, -0.2) is 14.5 Å². The third-order valence-electron chi connectivity index (χ3n) is 12.6. The lowest BCUT2D eigenvalue weighted by atomic mass is 9.81.